The van der Waals surface area contributed by atoms with E-state index in [4.69, 9.17) is 4.84 Å². The number of nitrogens with one attached hydrogen (secondary N) is 1. The van der Waals surface area contributed by atoms with Crippen LogP contribution in [-0.4, -0.2) is 28.5 Å². The third-order valence-corrected chi connectivity index (χ3v) is 5.28. The fraction of sp³-hybridized carbons (Fsp3) is 0.364. The second-order valence-electron chi connectivity index (χ2n) is 8.06. The lowest BCUT2D eigenvalue weighted by molar-refractivity contribution is -0.254. The van der Waals surface area contributed by atoms with Crippen molar-refractivity contribution in [1.29, 1.82) is 0 Å². The van der Waals surface area contributed by atoms with Crippen molar-refractivity contribution in [3.63, 3.8) is 0 Å². The van der Waals surface area contributed by atoms with Gasteiger partial charge < -0.3 is 15.3 Å². The summed E-state index contributed by atoms with van der Waals surface area (Å²) in [6.45, 7) is 5.05. The molecule has 0 spiro atoms. The molecule has 1 heterocycles. The second kappa shape index (κ2) is 7.75. The van der Waals surface area contributed by atoms with Crippen LogP contribution in [0, 0.1) is 0 Å². The van der Waals surface area contributed by atoms with Gasteiger partial charge in [-0.05, 0) is 30.0 Å². The molecule has 1 unspecified atom stereocenters. The van der Waals surface area contributed by atoms with Crippen molar-refractivity contribution in [2.24, 2.45) is 5.16 Å². The summed E-state index contributed by atoms with van der Waals surface area (Å²) in [4.78, 5) is 17.7. The van der Waals surface area contributed by atoms with E-state index >= 15 is 0 Å². The Morgan fingerprint density at radius 2 is 1.83 bits per heavy atom. The van der Waals surface area contributed by atoms with Crippen molar-refractivity contribution < 1.29 is 27.9 Å². The van der Waals surface area contributed by atoms with Gasteiger partial charge in [-0.25, -0.2) is 0 Å². The number of nitrogens with zero attached hydrogens (tertiary/aromatic N) is 1. The molecule has 0 fully saturated rings. The predicted molar refractivity (Wildman–Crippen MR) is 107 cm³/mol. The molecule has 2 N–H and O–H groups in total. The molecule has 8 heteroatoms. The van der Waals surface area contributed by atoms with Crippen LogP contribution in [-0.2, 0) is 21.7 Å². The summed E-state index contributed by atoms with van der Waals surface area (Å²) < 4.78 is 41.7. The van der Waals surface area contributed by atoms with Gasteiger partial charge >= 0.3 is 6.18 Å². The van der Waals surface area contributed by atoms with Gasteiger partial charge in [0.25, 0.3) is 5.91 Å². The Hall–Kier alpha value is -2.87. The number of anilines is 1. The molecule has 160 valence electrons. The maximum Gasteiger partial charge on any atom is 0.426 e. The predicted octanol–water partition coefficient (Wildman–Crippen LogP) is 4.54. The summed E-state index contributed by atoms with van der Waals surface area (Å²) in [6, 6.07) is 13.1. The number of halogens is 3. The number of aliphatic hydroxyl groups is 1. The zero-order valence-corrected chi connectivity index (χ0v) is 16.9. The van der Waals surface area contributed by atoms with Crippen LogP contribution < -0.4 is 5.32 Å². The molecule has 1 aliphatic heterocycles. The lowest BCUT2D eigenvalue weighted by atomic mass is 9.74. The number of fused-ring (bicyclic) bond motifs is 1. The summed E-state index contributed by atoms with van der Waals surface area (Å²) in [6.07, 6.45) is -6.00. The lowest BCUT2D eigenvalue weighted by Crippen LogP contribution is -2.57. The fourth-order valence-corrected chi connectivity index (χ4v) is 3.54. The van der Waals surface area contributed by atoms with Crippen LogP contribution in [0.5, 0.6) is 0 Å². The Morgan fingerprint density at radius 3 is 2.47 bits per heavy atom. The molecular formula is C22H23F3N2O3. The number of oxime groups is 1. The van der Waals surface area contributed by atoms with Gasteiger partial charge in [0, 0.05) is 23.2 Å². The molecule has 0 saturated heterocycles. The third-order valence-electron chi connectivity index (χ3n) is 5.28. The number of carbonyl (C=O) groups excluding carboxylic acids is 1. The number of amides is 1. The largest absolute Gasteiger partial charge is 0.426 e. The third kappa shape index (κ3) is 4.18. The van der Waals surface area contributed by atoms with Gasteiger partial charge in [0.2, 0.25) is 5.60 Å². The molecule has 5 nitrogen and oxygen atoms in total. The number of carbonyl (C=O) groups is 1. The van der Waals surface area contributed by atoms with E-state index in [0.29, 0.717) is 16.8 Å². The van der Waals surface area contributed by atoms with Crippen LogP contribution in [0.3, 0.4) is 0 Å². The van der Waals surface area contributed by atoms with Crippen molar-refractivity contribution in [3.8, 4) is 0 Å². The Labute approximate surface area is 172 Å². The van der Waals surface area contributed by atoms with Gasteiger partial charge in [-0.2, -0.15) is 13.2 Å². The number of alkyl halides is 3. The van der Waals surface area contributed by atoms with E-state index in [2.05, 4.69) is 10.5 Å². The molecule has 1 atom stereocenters. The molecule has 2 aromatic rings. The summed E-state index contributed by atoms with van der Waals surface area (Å²) in [5.41, 5.74) is -1.95. The summed E-state index contributed by atoms with van der Waals surface area (Å²) in [5.74, 6) is -1.53. The normalized spacial score (nSPS) is 16.0. The van der Waals surface area contributed by atoms with Crippen molar-refractivity contribution in [3.05, 3.63) is 65.2 Å². The molecule has 1 amide bonds. The molecule has 30 heavy (non-hydrogen) atoms. The van der Waals surface area contributed by atoms with Crippen molar-refractivity contribution in [2.75, 3.05) is 5.32 Å². The van der Waals surface area contributed by atoms with Gasteiger partial charge in [0.1, 0.15) is 6.61 Å². The zero-order valence-electron chi connectivity index (χ0n) is 16.9. The highest BCUT2D eigenvalue weighted by atomic mass is 19.4. The molecule has 0 saturated carbocycles. The first-order valence-electron chi connectivity index (χ1n) is 9.40. The molecule has 3 rings (SSSR count). The first-order valence-corrected chi connectivity index (χ1v) is 9.40. The van der Waals surface area contributed by atoms with Gasteiger partial charge in [0.15, 0.2) is 0 Å². The number of hydrogen-bond donors (Lipinski definition) is 2. The lowest BCUT2D eigenvalue weighted by Gasteiger charge is -2.36. The highest BCUT2D eigenvalue weighted by Crippen LogP contribution is 2.42. The molecule has 1 aliphatic rings. The van der Waals surface area contributed by atoms with Crippen LogP contribution in [0.25, 0.3) is 0 Å². The van der Waals surface area contributed by atoms with Crippen LogP contribution in [0.2, 0.25) is 0 Å². The van der Waals surface area contributed by atoms with Crippen LogP contribution in [0.4, 0.5) is 18.9 Å². The van der Waals surface area contributed by atoms with Crippen molar-refractivity contribution in [1.82, 2.24) is 0 Å². The van der Waals surface area contributed by atoms with Crippen LogP contribution in [0.1, 0.15) is 43.9 Å². The topological polar surface area (TPSA) is 70.9 Å². The van der Waals surface area contributed by atoms with Crippen LogP contribution in [0.15, 0.2) is 53.7 Å². The van der Waals surface area contributed by atoms with Gasteiger partial charge in [-0.1, -0.05) is 55.4 Å². The Bertz CT molecular complexity index is 971. The zero-order chi connectivity index (χ0) is 22.2. The highest BCUT2D eigenvalue weighted by Gasteiger charge is 2.61. The summed E-state index contributed by atoms with van der Waals surface area (Å²) in [5, 5.41) is 16.6. The maximum atomic E-state index is 13.9. The first kappa shape index (κ1) is 21.8. The summed E-state index contributed by atoms with van der Waals surface area (Å²) in [7, 11) is 0. The van der Waals surface area contributed by atoms with Crippen LogP contribution >= 0.6 is 0 Å². The smallest absolute Gasteiger partial charge is 0.391 e. The number of hydrogen-bond acceptors (Lipinski definition) is 4. The van der Waals surface area contributed by atoms with E-state index in [1.54, 1.807) is 57.2 Å². The Balaban J connectivity index is 1.90. The van der Waals surface area contributed by atoms with E-state index in [9.17, 15) is 23.1 Å². The maximum absolute atomic E-state index is 13.9. The molecular weight excluding hydrogens is 397 g/mol. The Morgan fingerprint density at radius 1 is 1.17 bits per heavy atom. The standard InChI is InChI=1S/C22H23F3N2O3/c1-14-18-11-17(10-9-15(18)12-30-27-14)26-19(28)21(29,22(23,24)25)13-20(2,3)16-7-5-4-6-8-16/h4-11,29H,12-13H2,1-3H3,(H,26,28). The molecule has 0 aromatic heterocycles. The minimum Gasteiger partial charge on any atom is -0.391 e. The molecule has 0 radical (unpaired) electrons. The van der Waals surface area contributed by atoms with Gasteiger partial charge in [-0.15, -0.1) is 0 Å². The van der Waals surface area contributed by atoms with Gasteiger partial charge in [-0.3, -0.25) is 4.79 Å². The molecule has 2 aromatic carbocycles. The number of rotatable bonds is 5. The van der Waals surface area contributed by atoms with Crippen molar-refractivity contribution in [2.45, 2.75) is 51.0 Å². The minimum absolute atomic E-state index is 0.135. The van der Waals surface area contributed by atoms with Gasteiger partial charge in [0.05, 0.1) is 5.71 Å². The number of benzene rings is 2. The average molecular weight is 420 g/mol. The average Bonchev–Trinajstić information content (AvgIpc) is 2.68. The Kier molecular flexibility index (Phi) is 5.64. The fourth-order valence-electron chi connectivity index (χ4n) is 3.54. The molecule has 0 aliphatic carbocycles. The monoisotopic (exact) mass is 420 g/mol. The van der Waals surface area contributed by atoms with E-state index in [0.717, 1.165) is 5.56 Å². The van der Waals surface area contributed by atoms with E-state index in [1.807, 2.05) is 0 Å². The van der Waals surface area contributed by atoms with E-state index in [1.165, 1.54) is 12.1 Å². The van der Waals surface area contributed by atoms with Crippen molar-refractivity contribution >= 4 is 17.3 Å². The minimum atomic E-state index is -5.16. The SMILES string of the molecule is CC1=NOCc2ccc(NC(=O)C(O)(CC(C)(C)c3ccccc3)C(F)(F)F)cc21. The summed E-state index contributed by atoms with van der Waals surface area (Å²) >= 11 is 0. The second-order valence-corrected chi connectivity index (χ2v) is 8.06. The first-order chi connectivity index (χ1) is 13.9. The highest BCUT2D eigenvalue weighted by molar-refractivity contribution is 6.03. The van der Waals surface area contributed by atoms with E-state index < -0.39 is 29.5 Å². The quantitative estimate of drug-likeness (QED) is 0.746. The molecule has 0 bridgehead atoms. The van der Waals surface area contributed by atoms with E-state index in [-0.39, 0.29) is 12.3 Å².